The van der Waals surface area contributed by atoms with Gasteiger partial charge in [0.25, 0.3) is 0 Å². The van der Waals surface area contributed by atoms with Crippen LogP contribution in [0.25, 0.3) is 0 Å². The molecular formula is C14H19BrN2. The van der Waals surface area contributed by atoms with Gasteiger partial charge >= 0.3 is 0 Å². The van der Waals surface area contributed by atoms with Crippen molar-refractivity contribution in [3.05, 3.63) is 34.6 Å². The normalized spacial score (nSPS) is 24.3. The molecule has 2 unspecified atom stereocenters. The molecule has 1 heterocycles. The van der Waals surface area contributed by atoms with Gasteiger partial charge in [-0.15, -0.1) is 0 Å². The molecule has 0 aliphatic heterocycles. The van der Waals surface area contributed by atoms with Crippen LogP contribution in [-0.4, -0.2) is 11.5 Å². The fourth-order valence-electron chi connectivity index (χ4n) is 2.61. The molecule has 0 aromatic carbocycles. The zero-order valence-corrected chi connectivity index (χ0v) is 12.0. The number of hydrogen-bond donors (Lipinski definition) is 1. The molecule has 1 aliphatic rings. The Balaban J connectivity index is 1.91. The number of hydrogen-bond acceptors (Lipinski definition) is 2. The predicted molar refractivity (Wildman–Crippen MR) is 76.1 cm³/mol. The summed E-state index contributed by atoms with van der Waals surface area (Å²) in [6.07, 6.45) is 6.69. The van der Waals surface area contributed by atoms with Crippen LogP contribution in [0.4, 0.5) is 5.69 Å². The Morgan fingerprint density at radius 2 is 2.35 bits per heavy atom. The fraction of sp³-hybridized carbons (Fsp3) is 0.500. The van der Waals surface area contributed by atoms with Crippen molar-refractivity contribution in [3.63, 3.8) is 0 Å². The third-order valence-corrected chi connectivity index (χ3v) is 3.86. The number of anilines is 1. The lowest BCUT2D eigenvalue weighted by Crippen LogP contribution is -2.20. The molecule has 0 amide bonds. The predicted octanol–water partition coefficient (Wildman–Crippen LogP) is 4.25. The minimum absolute atomic E-state index is 0.716. The van der Waals surface area contributed by atoms with Gasteiger partial charge in [-0.1, -0.05) is 18.6 Å². The van der Waals surface area contributed by atoms with Crippen molar-refractivity contribution in [1.29, 1.82) is 0 Å². The van der Waals surface area contributed by atoms with Gasteiger partial charge in [-0.05, 0) is 59.7 Å². The lowest BCUT2D eigenvalue weighted by atomic mass is 9.84. The van der Waals surface area contributed by atoms with Gasteiger partial charge in [0.1, 0.15) is 4.60 Å². The van der Waals surface area contributed by atoms with E-state index in [9.17, 15) is 0 Å². The van der Waals surface area contributed by atoms with Gasteiger partial charge < -0.3 is 5.32 Å². The van der Waals surface area contributed by atoms with Crippen molar-refractivity contribution in [1.82, 2.24) is 4.98 Å². The molecule has 0 spiro atoms. The number of rotatable bonds is 3. The monoisotopic (exact) mass is 294 g/mol. The molecule has 1 aromatic rings. The highest BCUT2D eigenvalue weighted by molar-refractivity contribution is 9.10. The first kappa shape index (κ1) is 12.6. The molecule has 1 aromatic heterocycles. The maximum atomic E-state index is 4.22. The molecule has 2 atom stereocenters. The van der Waals surface area contributed by atoms with E-state index in [2.05, 4.69) is 52.2 Å². The number of pyridine rings is 1. The van der Waals surface area contributed by atoms with Crippen molar-refractivity contribution in [2.45, 2.75) is 26.7 Å². The second kappa shape index (κ2) is 5.67. The van der Waals surface area contributed by atoms with E-state index in [4.69, 9.17) is 0 Å². The summed E-state index contributed by atoms with van der Waals surface area (Å²) < 4.78 is 0.899. The first-order valence-electron chi connectivity index (χ1n) is 6.17. The number of nitrogens with zero attached hydrogens (tertiary/aromatic N) is 1. The minimum Gasteiger partial charge on any atom is -0.383 e. The van der Waals surface area contributed by atoms with Crippen LogP contribution >= 0.6 is 15.9 Å². The van der Waals surface area contributed by atoms with Crippen LogP contribution in [0.3, 0.4) is 0 Å². The van der Waals surface area contributed by atoms with Gasteiger partial charge in [-0.3, -0.25) is 0 Å². The van der Waals surface area contributed by atoms with Gasteiger partial charge in [-0.25, -0.2) is 4.98 Å². The molecule has 1 N–H and O–H groups in total. The van der Waals surface area contributed by atoms with Gasteiger partial charge in [0.15, 0.2) is 0 Å². The summed E-state index contributed by atoms with van der Waals surface area (Å²) in [4.78, 5) is 4.22. The molecule has 2 rings (SSSR count). The highest BCUT2D eigenvalue weighted by Gasteiger charge is 2.17. The molecular weight excluding hydrogens is 276 g/mol. The summed E-state index contributed by atoms with van der Waals surface area (Å²) in [5, 5.41) is 3.49. The van der Waals surface area contributed by atoms with Crippen molar-refractivity contribution >= 4 is 21.6 Å². The zero-order valence-electron chi connectivity index (χ0n) is 10.4. The van der Waals surface area contributed by atoms with Crippen LogP contribution in [-0.2, 0) is 0 Å². The first-order valence-corrected chi connectivity index (χ1v) is 6.96. The molecule has 1 aliphatic carbocycles. The first-order chi connectivity index (χ1) is 8.15. The molecule has 92 valence electrons. The van der Waals surface area contributed by atoms with Gasteiger partial charge in [0.2, 0.25) is 0 Å². The molecule has 0 saturated carbocycles. The third kappa shape index (κ3) is 3.56. The second-order valence-corrected chi connectivity index (χ2v) is 5.77. The van der Waals surface area contributed by atoms with E-state index in [0.717, 1.165) is 22.8 Å². The van der Waals surface area contributed by atoms with Crippen molar-refractivity contribution < 1.29 is 0 Å². The van der Waals surface area contributed by atoms with E-state index in [1.54, 1.807) is 6.20 Å². The molecule has 17 heavy (non-hydrogen) atoms. The van der Waals surface area contributed by atoms with Crippen molar-refractivity contribution in [2.75, 3.05) is 11.9 Å². The Kier molecular flexibility index (Phi) is 4.21. The topological polar surface area (TPSA) is 24.9 Å². The van der Waals surface area contributed by atoms with E-state index in [-0.39, 0.29) is 0 Å². The largest absolute Gasteiger partial charge is 0.383 e. The summed E-state index contributed by atoms with van der Waals surface area (Å²) in [7, 11) is 0. The average Bonchev–Trinajstić information content (AvgIpc) is 2.27. The van der Waals surface area contributed by atoms with Crippen molar-refractivity contribution in [3.8, 4) is 0 Å². The van der Waals surface area contributed by atoms with Crippen LogP contribution in [0.1, 0.15) is 26.7 Å². The quantitative estimate of drug-likeness (QED) is 0.666. The molecule has 3 heteroatoms. The van der Waals surface area contributed by atoms with Crippen molar-refractivity contribution in [2.24, 2.45) is 11.8 Å². The lowest BCUT2D eigenvalue weighted by molar-refractivity contribution is 0.421. The number of allylic oxidation sites excluding steroid dienone is 2. The summed E-state index contributed by atoms with van der Waals surface area (Å²) in [5.41, 5.74) is 2.62. The van der Waals surface area contributed by atoms with E-state index in [0.29, 0.717) is 5.92 Å². The second-order valence-electron chi connectivity index (χ2n) is 5.02. The summed E-state index contributed by atoms with van der Waals surface area (Å²) in [6.45, 7) is 5.57. The fourth-order valence-corrected chi connectivity index (χ4v) is 3.00. The lowest BCUT2D eigenvalue weighted by Gasteiger charge is -2.26. The SMILES string of the molecule is CC1=CC(C)CC(CNc2cccnc2Br)C1. The van der Waals surface area contributed by atoms with Gasteiger partial charge in [0.05, 0.1) is 5.69 Å². The van der Waals surface area contributed by atoms with Crippen LogP contribution in [0.15, 0.2) is 34.6 Å². The smallest absolute Gasteiger partial charge is 0.129 e. The highest BCUT2D eigenvalue weighted by atomic mass is 79.9. The van der Waals surface area contributed by atoms with Crippen LogP contribution in [0, 0.1) is 11.8 Å². The average molecular weight is 295 g/mol. The molecule has 0 fully saturated rings. The number of nitrogens with one attached hydrogen (secondary N) is 1. The summed E-state index contributed by atoms with van der Waals surface area (Å²) in [5.74, 6) is 1.45. The zero-order chi connectivity index (χ0) is 12.3. The van der Waals surface area contributed by atoms with E-state index in [1.165, 1.54) is 18.4 Å². The summed E-state index contributed by atoms with van der Waals surface area (Å²) in [6, 6.07) is 4.02. The Labute approximate surface area is 112 Å². The Bertz CT molecular complexity index is 414. The van der Waals surface area contributed by atoms with Crippen LogP contribution in [0.5, 0.6) is 0 Å². The number of halogens is 1. The maximum Gasteiger partial charge on any atom is 0.129 e. The molecule has 0 radical (unpaired) electrons. The molecule has 0 saturated heterocycles. The third-order valence-electron chi connectivity index (χ3n) is 3.23. The number of aromatic nitrogens is 1. The minimum atomic E-state index is 0.716. The van der Waals surface area contributed by atoms with E-state index >= 15 is 0 Å². The van der Waals surface area contributed by atoms with Gasteiger partial charge in [-0.2, -0.15) is 0 Å². The standard InChI is InChI=1S/C14H19BrN2/c1-10-6-11(2)8-12(7-10)9-17-13-4-3-5-16-14(13)15/h3-6,10,12,17H,7-9H2,1-2H3. The maximum absolute atomic E-state index is 4.22. The highest BCUT2D eigenvalue weighted by Crippen LogP contribution is 2.28. The Morgan fingerprint density at radius 1 is 1.53 bits per heavy atom. The van der Waals surface area contributed by atoms with Crippen LogP contribution in [0.2, 0.25) is 0 Å². The van der Waals surface area contributed by atoms with Crippen LogP contribution < -0.4 is 5.32 Å². The molecule has 0 bridgehead atoms. The Morgan fingerprint density at radius 3 is 3.06 bits per heavy atom. The summed E-state index contributed by atoms with van der Waals surface area (Å²) >= 11 is 3.46. The Hall–Kier alpha value is -0.830. The van der Waals surface area contributed by atoms with Gasteiger partial charge in [0, 0.05) is 12.7 Å². The van der Waals surface area contributed by atoms with E-state index in [1.807, 2.05) is 6.07 Å². The van der Waals surface area contributed by atoms with E-state index < -0.39 is 0 Å². The molecule has 2 nitrogen and oxygen atoms in total.